The van der Waals surface area contributed by atoms with Crippen molar-refractivity contribution in [1.82, 2.24) is 9.97 Å². The first-order chi connectivity index (χ1) is 11.5. The van der Waals surface area contributed by atoms with Crippen molar-refractivity contribution in [2.45, 2.75) is 0 Å². The largest absolute Gasteiger partial charge is 0.372 e. The minimum absolute atomic E-state index is 0.128. The van der Waals surface area contributed by atoms with Gasteiger partial charge in [0.15, 0.2) is 0 Å². The van der Waals surface area contributed by atoms with Crippen molar-refractivity contribution in [2.75, 3.05) is 24.3 Å². The molecule has 24 heavy (non-hydrogen) atoms. The summed E-state index contributed by atoms with van der Waals surface area (Å²) in [5.41, 5.74) is 2.01. The highest BCUT2D eigenvalue weighted by molar-refractivity contribution is 6.04. The fraction of sp³-hybridized carbons (Fsp3) is 0.125. The second-order valence-electron chi connectivity index (χ2n) is 5.41. The highest BCUT2D eigenvalue weighted by Crippen LogP contribution is 2.28. The predicted molar refractivity (Wildman–Crippen MR) is 91.5 cm³/mol. The summed E-state index contributed by atoms with van der Waals surface area (Å²) in [5, 5.41) is 13.8. The minimum Gasteiger partial charge on any atom is -0.372 e. The molecule has 122 valence electrons. The summed E-state index contributed by atoms with van der Waals surface area (Å²) in [7, 11) is 3.41. The molecule has 0 aliphatic carbocycles. The Hall–Kier alpha value is -3.42. The Morgan fingerprint density at radius 1 is 1.25 bits per heavy atom. The van der Waals surface area contributed by atoms with Gasteiger partial charge < -0.3 is 9.88 Å². The average molecular weight is 325 g/mol. The van der Waals surface area contributed by atoms with Crippen LogP contribution in [0.5, 0.6) is 0 Å². The summed E-state index contributed by atoms with van der Waals surface area (Å²) >= 11 is 0. The maximum absolute atomic E-state index is 12.3. The molecule has 2 aromatic carbocycles. The van der Waals surface area contributed by atoms with Gasteiger partial charge in [0.05, 0.1) is 16.0 Å². The molecule has 0 radical (unpaired) electrons. The first-order valence-electron chi connectivity index (χ1n) is 7.17. The zero-order valence-electron chi connectivity index (χ0n) is 13.1. The SMILES string of the molecule is CN(C)c1ccc(C(=O)Nc2nc3ccccc3[nH]2)cc1[N+](=O)[O-]. The normalized spacial score (nSPS) is 10.6. The van der Waals surface area contributed by atoms with Crippen LogP contribution in [0.3, 0.4) is 0 Å². The van der Waals surface area contributed by atoms with E-state index in [1.54, 1.807) is 31.1 Å². The molecular weight excluding hydrogens is 310 g/mol. The smallest absolute Gasteiger partial charge is 0.293 e. The number of amides is 1. The number of fused-ring (bicyclic) bond motifs is 1. The zero-order valence-corrected chi connectivity index (χ0v) is 13.1. The summed E-state index contributed by atoms with van der Waals surface area (Å²) in [5.74, 6) is -0.178. The van der Waals surface area contributed by atoms with Gasteiger partial charge in [-0.2, -0.15) is 0 Å². The lowest BCUT2D eigenvalue weighted by atomic mass is 10.1. The van der Waals surface area contributed by atoms with Gasteiger partial charge in [-0.1, -0.05) is 12.1 Å². The second kappa shape index (κ2) is 5.99. The Bertz CT molecular complexity index is 899. The maximum atomic E-state index is 12.3. The summed E-state index contributed by atoms with van der Waals surface area (Å²) in [6, 6.07) is 11.7. The predicted octanol–water partition coefficient (Wildman–Crippen LogP) is 2.79. The van der Waals surface area contributed by atoms with Crippen LogP contribution >= 0.6 is 0 Å². The van der Waals surface area contributed by atoms with E-state index in [1.807, 2.05) is 24.3 Å². The molecule has 0 saturated heterocycles. The first kappa shape index (κ1) is 15.5. The van der Waals surface area contributed by atoms with E-state index in [2.05, 4.69) is 15.3 Å². The van der Waals surface area contributed by atoms with E-state index in [4.69, 9.17) is 0 Å². The van der Waals surface area contributed by atoms with Crippen molar-refractivity contribution in [3.05, 3.63) is 58.1 Å². The molecule has 3 rings (SSSR count). The number of imidazole rings is 1. The van der Waals surface area contributed by atoms with E-state index in [0.29, 0.717) is 11.6 Å². The number of benzene rings is 2. The van der Waals surface area contributed by atoms with Crippen LogP contribution in [0.1, 0.15) is 10.4 Å². The molecule has 8 heteroatoms. The van der Waals surface area contributed by atoms with Gasteiger partial charge in [-0.15, -0.1) is 0 Å². The quantitative estimate of drug-likeness (QED) is 0.567. The van der Waals surface area contributed by atoms with E-state index in [1.165, 1.54) is 6.07 Å². The van der Waals surface area contributed by atoms with Crippen LogP contribution in [0, 0.1) is 10.1 Å². The van der Waals surface area contributed by atoms with Crippen molar-refractivity contribution in [3.8, 4) is 0 Å². The van der Waals surface area contributed by atoms with Gasteiger partial charge in [-0.25, -0.2) is 4.98 Å². The summed E-state index contributed by atoms with van der Waals surface area (Å²) < 4.78 is 0. The van der Waals surface area contributed by atoms with Gasteiger partial charge in [0, 0.05) is 25.7 Å². The van der Waals surface area contributed by atoms with Crippen molar-refractivity contribution < 1.29 is 9.72 Å². The number of rotatable bonds is 4. The molecule has 0 bridgehead atoms. The Morgan fingerprint density at radius 3 is 2.67 bits per heavy atom. The molecule has 0 saturated carbocycles. The molecule has 0 aliphatic rings. The number of hydrogen-bond acceptors (Lipinski definition) is 5. The molecule has 0 unspecified atom stereocenters. The van der Waals surface area contributed by atoms with Gasteiger partial charge in [-0.3, -0.25) is 20.2 Å². The van der Waals surface area contributed by atoms with Crippen LogP contribution in [0.4, 0.5) is 17.3 Å². The summed E-state index contributed by atoms with van der Waals surface area (Å²) in [4.78, 5) is 31.9. The van der Waals surface area contributed by atoms with Crippen molar-refractivity contribution in [3.63, 3.8) is 0 Å². The fourth-order valence-electron chi connectivity index (χ4n) is 2.38. The molecule has 1 heterocycles. The van der Waals surface area contributed by atoms with Gasteiger partial charge in [0.2, 0.25) is 5.95 Å². The second-order valence-corrected chi connectivity index (χ2v) is 5.41. The molecule has 1 amide bonds. The van der Waals surface area contributed by atoms with E-state index < -0.39 is 10.8 Å². The van der Waals surface area contributed by atoms with Crippen LogP contribution in [0.15, 0.2) is 42.5 Å². The number of nitro benzene ring substituents is 1. The molecule has 8 nitrogen and oxygen atoms in total. The Balaban J connectivity index is 1.89. The number of carbonyl (C=O) groups is 1. The van der Waals surface area contributed by atoms with Crippen LogP contribution in [-0.4, -0.2) is 34.9 Å². The van der Waals surface area contributed by atoms with Gasteiger partial charge >= 0.3 is 0 Å². The molecule has 0 aliphatic heterocycles. The lowest BCUT2D eigenvalue weighted by molar-refractivity contribution is -0.384. The zero-order chi connectivity index (χ0) is 17.3. The van der Waals surface area contributed by atoms with Crippen LogP contribution in [0.2, 0.25) is 0 Å². The lowest BCUT2D eigenvalue weighted by Crippen LogP contribution is -2.15. The van der Waals surface area contributed by atoms with E-state index >= 15 is 0 Å². The number of aromatic amines is 1. The number of anilines is 2. The van der Waals surface area contributed by atoms with Crippen LogP contribution in [0.25, 0.3) is 11.0 Å². The number of para-hydroxylation sites is 2. The highest BCUT2D eigenvalue weighted by Gasteiger charge is 2.19. The van der Waals surface area contributed by atoms with Gasteiger partial charge in [0.25, 0.3) is 11.6 Å². The van der Waals surface area contributed by atoms with Gasteiger partial charge in [0.1, 0.15) is 5.69 Å². The first-order valence-corrected chi connectivity index (χ1v) is 7.17. The molecule has 2 N–H and O–H groups in total. The topological polar surface area (TPSA) is 104 Å². The average Bonchev–Trinajstić information content (AvgIpc) is 2.96. The highest BCUT2D eigenvalue weighted by atomic mass is 16.6. The number of nitrogens with zero attached hydrogens (tertiary/aromatic N) is 3. The Labute approximate surface area is 137 Å². The van der Waals surface area contributed by atoms with Crippen molar-refractivity contribution in [1.29, 1.82) is 0 Å². The van der Waals surface area contributed by atoms with E-state index in [-0.39, 0.29) is 11.3 Å². The number of hydrogen-bond donors (Lipinski definition) is 2. The number of H-pyrrole nitrogens is 1. The fourth-order valence-corrected chi connectivity index (χ4v) is 2.38. The van der Waals surface area contributed by atoms with Crippen LogP contribution < -0.4 is 10.2 Å². The Kier molecular flexibility index (Phi) is 3.87. The molecule has 3 aromatic rings. The van der Waals surface area contributed by atoms with E-state index in [0.717, 1.165) is 11.0 Å². The monoisotopic (exact) mass is 325 g/mol. The standard InChI is InChI=1S/C16H15N5O3/c1-20(2)13-8-7-10(9-14(13)21(23)24)15(22)19-16-17-11-5-3-4-6-12(11)18-16/h3-9H,1-2H3,(H2,17,18,19,22). The third kappa shape index (κ3) is 2.89. The number of nitro groups is 1. The maximum Gasteiger partial charge on any atom is 0.293 e. The number of nitrogens with one attached hydrogen (secondary N) is 2. The third-order valence-corrected chi connectivity index (χ3v) is 3.54. The third-order valence-electron chi connectivity index (χ3n) is 3.54. The Morgan fingerprint density at radius 2 is 2.00 bits per heavy atom. The molecule has 0 atom stereocenters. The molecule has 0 spiro atoms. The van der Waals surface area contributed by atoms with Crippen LogP contribution in [-0.2, 0) is 0 Å². The molecular formula is C16H15N5O3. The molecule has 0 fully saturated rings. The summed E-state index contributed by atoms with van der Waals surface area (Å²) in [6.45, 7) is 0. The lowest BCUT2D eigenvalue weighted by Gasteiger charge is -2.13. The van der Waals surface area contributed by atoms with Crippen molar-refractivity contribution >= 4 is 34.3 Å². The van der Waals surface area contributed by atoms with Crippen molar-refractivity contribution in [2.24, 2.45) is 0 Å². The summed E-state index contributed by atoms with van der Waals surface area (Å²) in [6.07, 6.45) is 0. The van der Waals surface area contributed by atoms with E-state index in [9.17, 15) is 14.9 Å². The molecule has 1 aromatic heterocycles. The minimum atomic E-state index is -0.507. The number of carbonyl (C=O) groups excluding carboxylic acids is 1. The van der Waals surface area contributed by atoms with Gasteiger partial charge in [-0.05, 0) is 24.3 Å². The number of aromatic nitrogens is 2.